The van der Waals surface area contributed by atoms with Crippen LogP contribution < -0.4 is 5.32 Å². The number of amides is 3. The van der Waals surface area contributed by atoms with Crippen molar-refractivity contribution < 1.29 is 14.7 Å². The first-order valence-electron chi connectivity index (χ1n) is 11.2. The normalized spacial score (nSPS) is 34.2. The minimum Gasteiger partial charge on any atom is -0.465 e. The molecule has 0 aromatic carbocycles. The van der Waals surface area contributed by atoms with Gasteiger partial charge in [0.2, 0.25) is 0 Å². The Morgan fingerprint density at radius 1 is 1.07 bits per heavy atom. The number of carbonyl (C=O) groups excluding carboxylic acids is 1. The van der Waals surface area contributed by atoms with Gasteiger partial charge in [0.25, 0.3) is 0 Å². The Morgan fingerprint density at radius 3 is 2.39 bits per heavy atom. The summed E-state index contributed by atoms with van der Waals surface area (Å²) in [5, 5.41) is 12.3. The zero-order valence-corrected chi connectivity index (χ0v) is 17.4. The zero-order chi connectivity index (χ0) is 19.9. The molecule has 3 amide bonds. The summed E-state index contributed by atoms with van der Waals surface area (Å²) < 4.78 is 0. The van der Waals surface area contributed by atoms with E-state index in [1.54, 1.807) is 4.90 Å². The predicted octanol–water partition coefficient (Wildman–Crippen LogP) is 2.81. The second-order valence-corrected chi connectivity index (χ2v) is 9.90. The topological polar surface area (TPSA) is 76.1 Å². The van der Waals surface area contributed by atoms with Crippen molar-refractivity contribution in [3.8, 4) is 0 Å². The highest BCUT2D eigenvalue weighted by Crippen LogP contribution is 2.50. The van der Waals surface area contributed by atoms with Crippen molar-refractivity contribution in [3.63, 3.8) is 0 Å². The van der Waals surface area contributed by atoms with E-state index in [0.29, 0.717) is 24.5 Å². The molecule has 4 rings (SSSR count). The maximum absolute atomic E-state index is 12.5. The average molecular weight is 393 g/mol. The van der Waals surface area contributed by atoms with Crippen molar-refractivity contribution in [3.05, 3.63) is 0 Å². The van der Waals surface area contributed by atoms with Gasteiger partial charge < -0.3 is 25.1 Å². The van der Waals surface area contributed by atoms with Gasteiger partial charge in [0.05, 0.1) is 0 Å². The number of piperidine rings is 1. The quantitative estimate of drug-likeness (QED) is 0.774. The molecular formula is C21H36N4O3. The summed E-state index contributed by atoms with van der Waals surface area (Å²) >= 11 is 0. The maximum atomic E-state index is 12.5. The molecular weight excluding hydrogens is 356 g/mol. The lowest BCUT2D eigenvalue weighted by Gasteiger charge is -2.52. The van der Waals surface area contributed by atoms with Crippen LogP contribution in [0.1, 0.15) is 58.8 Å². The van der Waals surface area contributed by atoms with E-state index in [-0.39, 0.29) is 17.5 Å². The van der Waals surface area contributed by atoms with Gasteiger partial charge in [0, 0.05) is 37.8 Å². The summed E-state index contributed by atoms with van der Waals surface area (Å²) in [6, 6.07) is 1.35. The first-order chi connectivity index (χ1) is 13.4. The molecule has 158 valence electrons. The summed E-state index contributed by atoms with van der Waals surface area (Å²) in [4.78, 5) is 30.0. The van der Waals surface area contributed by atoms with E-state index in [1.165, 1.54) is 12.8 Å². The minimum atomic E-state index is -0.760. The molecule has 7 nitrogen and oxygen atoms in total. The van der Waals surface area contributed by atoms with Crippen LogP contribution in [0.4, 0.5) is 9.59 Å². The molecule has 1 spiro atoms. The monoisotopic (exact) mass is 392 g/mol. The first-order valence-corrected chi connectivity index (χ1v) is 11.2. The first kappa shape index (κ1) is 19.8. The molecule has 0 aromatic rings. The van der Waals surface area contributed by atoms with Crippen LogP contribution >= 0.6 is 0 Å². The van der Waals surface area contributed by atoms with Crippen LogP contribution in [0.25, 0.3) is 0 Å². The third kappa shape index (κ3) is 3.82. The van der Waals surface area contributed by atoms with Crippen LogP contribution in [-0.4, -0.2) is 82.8 Å². The Kier molecular flexibility index (Phi) is 5.47. The van der Waals surface area contributed by atoms with Gasteiger partial charge in [-0.15, -0.1) is 0 Å². The van der Waals surface area contributed by atoms with Crippen molar-refractivity contribution in [2.75, 3.05) is 32.7 Å². The lowest BCUT2D eigenvalue weighted by Crippen LogP contribution is -2.55. The Morgan fingerprint density at radius 2 is 1.79 bits per heavy atom. The van der Waals surface area contributed by atoms with Crippen LogP contribution in [0.2, 0.25) is 0 Å². The Balaban J connectivity index is 1.24. The SMILES string of the molecule is CC(C)NC(=O)N1CCC[C@H]1C1CCN(C2CC3(CCN(C(=O)O)C3)C2)CC1. The number of nitrogens with one attached hydrogen (secondary N) is 1. The third-order valence-corrected chi connectivity index (χ3v) is 7.65. The largest absolute Gasteiger partial charge is 0.465 e. The van der Waals surface area contributed by atoms with Gasteiger partial charge in [0.1, 0.15) is 0 Å². The molecule has 0 radical (unpaired) electrons. The summed E-state index contributed by atoms with van der Waals surface area (Å²) in [5.41, 5.74) is 0.261. The highest BCUT2D eigenvalue weighted by Gasteiger charge is 2.51. The second kappa shape index (κ2) is 7.73. The molecule has 0 aromatic heterocycles. The summed E-state index contributed by atoms with van der Waals surface area (Å²) in [7, 11) is 0. The van der Waals surface area contributed by atoms with Crippen molar-refractivity contribution in [2.45, 2.75) is 76.9 Å². The van der Waals surface area contributed by atoms with Crippen LogP contribution in [0, 0.1) is 11.3 Å². The number of hydrogen-bond donors (Lipinski definition) is 2. The van der Waals surface area contributed by atoms with Crippen molar-refractivity contribution in [2.24, 2.45) is 11.3 Å². The van der Waals surface area contributed by atoms with Crippen molar-refractivity contribution in [1.29, 1.82) is 0 Å². The van der Waals surface area contributed by atoms with E-state index in [2.05, 4.69) is 15.1 Å². The summed E-state index contributed by atoms with van der Waals surface area (Å²) in [5.74, 6) is 0.625. The molecule has 4 fully saturated rings. The minimum absolute atomic E-state index is 0.116. The van der Waals surface area contributed by atoms with Crippen LogP contribution in [0.3, 0.4) is 0 Å². The summed E-state index contributed by atoms with van der Waals surface area (Å²) in [6.07, 6.45) is 7.23. The molecule has 3 saturated heterocycles. The molecule has 1 aliphatic carbocycles. The number of nitrogens with zero attached hydrogens (tertiary/aromatic N) is 3. The number of hydrogen-bond acceptors (Lipinski definition) is 3. The lowest BCUT2D eigenvalue weighted by molar-refractivity contribution is -0.0138. The van der Waals surface area contributed by atoms with E-state index in [4.69, 9.17) is 0 Å². The maximum Gasteiger partial charge on any atom is 0.407 e. The molecule has 7 heteroatoms. The van der Waals surface area contributed by atoms with E-state index in [1.807, 2.05) is 13.8 Å². The number of likely N-dealkylation sites (tertiary alicyclic amines) is 3. The van der Waals surface area contributed by atoms with Crippen molar-refractivity contribution in [1.82, 2.24) is 20.0 Å². The highest BCUT2D eigenvalue weighted by molar-refractivity contribution is 5.75. The molecule has 0 unspecified atom stereocenters. The molecule has 4 aliphatic rings. The predicted molar refractivity (Wildman–Crippen MR) is 107 cm³/mol. The average Bonchev–Trinajstić information content (AvgIpc) is 3.27. The fraction of sp³-hybridized carbons (Fsp3) is 0.905. The van der Waals surface area contributed by atoms with Gasteiger partial charge in [-0.3, -0.25) is 0 Å². The smallest absolute Gasteiger partial charge is 0.407 e. The molecule has 28 heavy (non-hydrogen) atoms. The van der Waals surface area contributed by atoms with Gasteiger partial charge >= 0.3 is 12.1 Å². The lowest BCUT2D eigenvalue weighted by atomic mass is 9.64. The molecule has 2 N–H and O–H groups in total. The van der Waals surface area contributed by atoms with Crippen LogP contribution in [0.5, 0.6) is 0 Å². The zero-order valence-electron chi connectivity index (χ0n) is 17.4. The number of rotatable bonds is 3. The Hall–Kier alpha value is -1.50. The van der Waals surface area contributed by atoms with Crippen molar-refractivity contribution >= 4 is 12.1 Å². The third-order valence-electron chi connectivity index (χ3n) is 7.65. The van der Waals surface area contributed by atoms with Gasteiger partial charge in [0.15, 0.2) is 0 Å². The van der Waals surface area contributed by atoms with Gasteiger partial charge in [-0.05, 0) is 83.2 Å². The molecule has 1 atom stereocenters. The number of urea groups is 1. The fourth-order valence-corrected chi connectivity index (χ4v) is 6.16. The van der Waals surface area contributed by atoms with Crippen LogP contribution in [0.15, 0.2) is 0 Å². The fourth-order valence-electron chi connectivity index (χ4n) is 6.16. The Labute approximate surface area is 168 Å². The highest BCUT2D eigenvalue weighted by atomic mass is 16.4. The standard InChI is InChI=1S/C21H36N4O3/c1-15(2)22-19(26)25-8-3-4-18(25)16-5-9-23(10-6-16)17-12-21(13-17)7-11-24(14-21)20(27)28/h15-18H,3-14H2,1-2H3,(H,22,26)(H,27,28)/t17?,18-,21?/m0/s1. The van der Waals surface area contributed by atoms with Crippen LogP contribution in [-0.2, 0) is 0 Å². The second-order valence-electron chi connectivity index (χ2n) is 9.90. The number of carbonyl (C=O) groups is 2. The van der Waals surface area contributed by atoms with E-state index in [0.717, 1.165) is 58.3 Å². The van der Waals surface area contributed by atoms with Gasteiger partial charge in [-0.1, -0.05) is 0 Å². The molecule has 1 saturated carbocycles. The van der Waals surface area contributed by atoms with E-state index >= 15 is 0 Å². The number of carboxylic acid groups (broad SMARTS) is 1. The van der Waals surface area contributed by atoms with E-state index < -0.39 is 6.09 Å². The van der Waals surface area contributed by atoms with Gasteiger partial charge in [-0.25, -0.2) is 9.59 Å². The summed E-state index contributed by atoms with van der Waals surface area (Å²) in [6.45, 7) is 8.64. The molecule has 3 aliphatic heterocycles. The van der Waals surface area contributed by atoms with Gasteiger partial charge in [-0.2, -0.15) is 0 Å². The Bertz CT molecular complexity index is 596. The molecule has 3 heterocycles. The van der Waals surface area contributed by atoms with E-state index in [9.17, 15) is 14.7 Å². The molecule has 0 bridgehead atoms.